The summed E-state index contributed by atoms with van der Waals surface area (Å²) in [6.07, 6.45) is -0.197. The van der Waals surface area contributed by atoms with Gasteiger partial charge < -0.3 is 9.84 Å². The fourth-order valence-electron chi connectivity index (χ4n) is 0.252. The van der Waals surface area contributed by atoms with Crippen LogP contribution in [0.15, 0.2) is 12.2 Å². The van der Waals surface area contributed by atoms with Gasteiger partial charge >= 0.3 is 5.97 Å². The van der Waals surface area contributed by atoms with Crippen molar-refractivity contribution in [2.24, 2.45) is 0 Å². The number of ether oxygens (including phenoxy) is 1. The number of carbonyl (C=O) groups is 1. The predicted molar refractivity (Wildman–Crippen MR) is 34.8 cm³/mol. The molecule has 0 radical (unpaired) electrons. The minimum absolute atomic E-state index is 0.0383. The zero-order chi connectivity index (χ0) is 7.98. The Hall–Kier alpha value is -0.730. The topological polar surface area (TPSA) is 63.6 Å². The lowest BCUT2D eigenvalue weighted by molar-refractivity contribution is -0.137. The van der Waals surface area contributed by atoms with Gasteiger partial charge in [0.1, 0.15) is 0 Å². The van der Waals surface area contributed by atoms with Crippen molar-refractivity contribution >= 4 is 14.4 Å². The van der Waals surface area contributed by atoms with Gasteiger partial charge in [0.15, 0.2) is 14.8 Å². The molecule has 0 aliphatic carbocycles. The second-order valence-corrected chi connectivity index (χ2v) is 1.97. The summed E-state index contributed by atoms with van der Waals surface area (Å²) in [6.45, 7) is 2.76. The van der Waals surface area contributed by atoms with Gasteiger partial charge in [-0.25, -0.2) is 4.79 Å². The summed E-state index contributed by atoms with van der Waals surface area (Å²) in [5.41, 5.74) is -0.0383. The maximum Gasteiger partial charge on any atom is 0.336 e. The van der Waals surface area contributed by atoms with Gasteiger partial charge in [-0.15, -0.1) is 0 Å². The van der Waals surface area contributed by atoms with Crippen molar-refractivity contribution in [1.29, 1.82) is 0 Å². The second kappa shape index (κ2) is 5.09. The minimum Gasteiger partial charge on any atom is -0.450 e. The molecule has 0 rings (SSSR count). The van der Waals surface area contributed by atoms with E-state index in [-0.39, 0.29) is 20.4 Å². The van der Waals surface area contributed by atoms with E-state index in [1.807, 2.05) is 0 Å². The molecule has 0 spiro atoms. The first-order valence-corrected chi connectivity index (χ1v) is 3.47. The van der Waals surface area contributed by atoms with Gasteiger partial charge in [0, 0.05) is 0 Å². The van der Waals surface area contributed by atoms with Gasteiger partial charge in [-0.1, -0.05) is 6.58 Å². The highest BCUT2D eigenvalue weighted by atomic mass is 31.1. The highest BCUT2D eigenvalue weighted by Gasteiger charge is 2.05. The Kier molecular flexibility index (Phi) is 4.72. The summed E-state index contributed by atoms with van der Waals surface area (Å²) in [4.78, 5) is 10.5. The van der Waals surface area contributed by atoms with Crippen molar-refractivity contribution in [3.63, 3.8) is 0 Å². The molecule has 1 N–H and O–H groups in total. The smallest absolute Gasteiger partial charge is 0.336 e. The van der Waals surface area contributed by atoms with E-state index in [1.54, 1.807) is 0 Å². The monoisotopic (exact) mass is 162 g/mol. The summed E-state index contributed by atoms with van der Waals surface area (Å²) in [6, 6.07) is 0. The van der Waals surface area contributed by atoms with Crippen LogP contribution in [0, 0.1) is 0 Å². The predicted octanol–water partition coefficient (Wildman–Crippen LogP) is 0.327. The molecular weight excluding hydrogens is 155 g/mol. The van der Waals surface area contributed by atoms with Gasteiger partial charge in [0.05, 0.1) is 12.2 Å². The molecule has 4 nitrogen and oxygen atoms in total. The summed E-state index contributed by atoms with van der Waals surface area (Å²) in [5.74, 6) is -0.717. The number of hydrogen-bond acceptors (Lipinski definition) is 4. The van der Waals surface area contributed by atoms with Crippen LogP contribution < -0.4 is 0 Å². The van der Waals surface area contributed by atoms with Crippen molar-refractivity contribution in [3.05, 3.63) is 12.2 Å². The average molecular weight is 162 g/mol. The molecule has 0 aliphatic rings. The maximum absolute atomic E-state index is 10.5. The van der Waals surface area contributed by atoms with E-state index in [1.165, 1.54) is 0 Å². The quantitative estimate of drug-likeness (QED) is 0.367. The fraction of sp³-hybridized carbons (Fsp3) is 0.400. The van der Waals surface area contributed by atoms with E-state index in [0.717, 1.165) is 0 Å². The fourth-order valence-corrected chi connectivity index (χ4v) is 0.422. The number of esters is 1. The Morgan fingerprint density at radius 1 is 1.70 bits per heavy atom. The van der Waals surface area contributed by atoms with Crippen molar-refractivity contribution in [2.75, 3.05) is 13.0 Å². The zero-order valence-electron chi connectivity index (χ0n) is 5.24. The zero-order valence-corrected chi connectivity index (χ0v) is 6.13. The molecule has 0 atom stereocenters. The van der Waals surface area contributed by atoms with Crippen molar-refractivity contribution < 1.29 is 19.2 Å². The van der Waals surface area contributed by atoms with Gasteiger partial charge in [0.25, 0.3) is 0 Å². The van der Waals surface area contributed by atoms with Crippen LogP contribution in [-0.2, 0) is 14.1 Å². The van der Waals surface area contributed by atoms with E-state index in [9.17, 15) is 9.36 Å². The lowest BCUT2D eigenvalue weighted by Crippen LogP contribution is -2.08. The van der Waals surface area contributed by atoms with Crippen LogP contribution >= 0.6 is 8.46 Å². The Bertz CT molecular complexity index is 154. The van der Waals surface area contributed by atoms with Crippen molar-refractivity contribution in [3.8, 4) is 0 Å². The van der Waals surface area contributed by atoms with E-state index in [4.69, 9.17) is 5.11 Å². The summed E-state index contributed by atoms with van der Waals surface area (Å²) in [5, 5.41) is 8.32. The minimum atomic E-state index is -0.717. The summed E-state index contributed by atoms with van der Waals surface area (Å²) < 4.78 is 14.1. The Morgan fingerprint density at radius 2 is 2.30 bits per heavy atom. The van der Waals surface area contributed by atoms with Gasteiger partial charge in [-0.05, 0) is 0 Å². The molecule has 56 valence electrons. The molecule has 0 saturated carbocycles. The molecule has 0 aromatic carbocycles. The number of aliphatic hydroxyl groups is 1. The standard InChI is InChI=1S/C5H7O4P/c1-4(2-6)5(7)9-3-10-8/h6H,1-3H2. The first kappa shape index (κ1) is 9.27. The molecule has 0 aromatic rings. The number of carbonyl (C=O) groups excluding carboxylic acids is 1. The Balaban J connectivity index is 3.62. The molecular formula is C5H7O4P. The first-order chi connectivity index (χ1) is 4.72. The van der Waals surface area contributed by atoms with Gasteiger partial charge in [-0.2, -0.15) is 0 Å². The normalized spacial score (nSPS) is 9.30. The van der Waals surface area contributed by atoms with Crippen LogP contribution in [0.1, 0.15) is 0 Å². The molecule has 0 heterocycles. The number of rotatable bonds is 4. The summed E-state index contributed by atoms with van der Waals surface area (Å²) in [7, 11) is -0.265. The Morgan fingerprint density at radius 3 is 2.70 bits per heavy atom. The molecule has 0 unspecified atom stereocenters. The molecule has 0 aliphatic heterocycles. The molecule has 10 heavy (non-hydrogen) atoms. The number of aliphatic hydroxyl groups excluding tert-OH is 1. The van der Waals surface area contributed by atoms with E-state index in [2.05, 4.69) is 11.3 Å². The largest absolute Gasteiger partial charge is 0.450 e. The van der Waals surface area contributed by atoms with E-state index < -0.39 is 12.6 Å². The SMILES string of the molecule is C=C(CO)C(=O)OCP=O. The summed E-state index contributed by atoms with van der Waals surface area (Å²) >= 11 is 0. The third-order valence-corrected chi connectivity index (χ3v) is 0.962. The van der Waals surface area contributed by atoms with Crippen LogP contribution in [-0.4, -0.2) is 24.0 Å². The first-order valence-electron chi connectivity index (χ1n) is 2.47. The molecule has 0 amide bonds. The third-order valence-electron chi connectivity index (χ3n) is 0.728. The van der Waals surface area contributed by atoms with Gasteiger partial charge in [0.2, 0.25) is 0 Å². The second-order valence-electron chi connectivity index (χ2n) is 1.45. The molecule has 0 fully saturated rings. The van der Waals surface area contributed by atoms with Crippen LogP contribution in [0.4, 0.5) is 0 Å². The van der Waals surface area contributed by atoms with Crippen LogP contribution in [0.3, 0.4) is 0 Å². The van der Waals surface area contributed by atoms with Crippen LogP contribution in [0.5, 0.6) is 0 Å². The molecule has 0 saturated heterocycles. The van der Waals surface area contributed by atoms with E-state index >= 15 is 0 Å². The maximum atomic E-state index is 10.5. The van der Waals surface area contributed by atoms with E-state index in [0.29, 0.717) is 0 Å². The van der Waals surface area contributed by atoms with Crippen LogP contribution in [0.25, 0.3) is 0 Å². The third kappa shape index (κ3) is 3.33. The van der Waals surface area contributed by atoms with Crippen molar-refractivity contribution in [1.82, 2.24) is 0 Å². The average Bonchev–Trinajstić information content (AvgIpc) is 1.98. The molecule has 5 heteroatoms. The highest BCUT2D eigenvalue weighted by Crippen LogP contribution is 1.97. The highest BCUT2D eigenvalue weighted by molar-refractivity contribution is 7.23. The van der Waals surface area contributed by atoms with Gasteiger partial charge in [-0.3, -0.25) is 4.57 Å². The molecule has 0 aromatic heterocycles. The lowest BCUT2D eigenvalue weighted by Gasteiger charge is -1.98. The number of hydrogen-bond donors (Lipinski definition) is 1. The lowest BCUT2D eigenvalue weighted by atomic mass is 10.3. The van der Waals surface area contributed by atoms with Crippen LogP contribution in [0.2, 0.25) is 0 Å². The Labute approximate surface area is 59.7 Å². The van der Waals surface area contributed by atoms with Crippen molar-refractivity contribution in [2.45, 2.75) is 0 Å². The molecule has 0 bridgehead atoms.